The van der Waals surface area contributed by atoms with Crippen LogP contribution >= 0.6 is 24.7 Å². The summed E-state index contributed by atoms with van der Waals surface area (Å²) in [5.74, 6) is 1.94. The first-order valence-electron chi connectivity index (χ1n) is 14.0. The minimum absolute atomic E-state index is 0.402. The average molecular weight is 621 g/mol. The summed E-state index contributed by atoms with van der Waals surface area (Å²) in [5, 5.41) is 0. The third kappa shape index (κ3) is 11.9. The third-order valence-corrected chi connectivity index (χ3v) is 11.1. The zero-order valence-corrected chi connectivity index (χ0v) is 27.6. The first-order valence-corrected chi connectivity index (χ1v) is 17.9. The highest BCUT2D eigenvalue weighted by Crippen LogP contribution is 2.67. The number of aryl methyl sites for hydroxylation is 3. The minimum atomic E-state index is -3.30. The molecule has 0 saturated carbocycles. The molecule has 3 unspecified atom stereocenters. The maximum atomic E-state index is 6.62. The summed E-state index contributed by atoms with van der Waals surface area (Å²) < 4.78 is 43.1. The number of rotatable bonds is 18. The van der Waals surface area contributed by atoms with Crippen molar-refractivity contribution in [3.63, 3.8) is 0 Å². The molecule has 0 aliphatic carbocycles. The Kier molecular flexibility index (Phi) is 14.4. The van der Waals surface area contributed by atoms with Crippen molar-refractivity contribution < 1.29 is 27.1 Å². The van der Waals surface area contributed by atoms with Gasteiger partial charge in [0.1, 0.15) is 12.4 Å². The van der Waals surface area contributed by atoms with Crippen LogP contribution in [-0.4, -0.2) is 19.8 Å². The average Bonchev–Trinajstić information content (AvgIpc) is 2.97. The SMILES string of the molecule is CCCOP(N[P+](N=[P+](OCCC)Oc1ccc(C)cc1)(OCCC)Oc1ccc(C)cc1)Oc1ccc(C)cc1. The van der Waals surface area contributed by atoms with Gasteiger partial charge in [0, 0.05) is 0 Å². The van der Waals surface area contributed by atoms with Crippen LogP contribution in [0.5, 0.6) is 17.2 Å². The van der Waals surface area contributed by atoms with E-state index in [0.717, 1.165) is 36.0 Å². The molecule has 222 valence electrons. The Balaban J connectivity index is 2.06. The molecule has 3 rings (SSSR count). The zero-order chi connectivity index (χ0) is 29.5. The number of nitrogens with zero attached hydrogens (tertiary/aromatic N) is 1. The van der Waals surface area contributed by atoms with E-state index >= 15 is 0 Å². The molecule has 0 fully saturated rings. The Morgan fingerprint density at radius 3 is 1.73 bits per heavy atom. The first kappa shape index (κ1) is 33.4. The second-order valence-electron chi connectivity index (χ2n) is 9.42. The third-order valence-electron chi connectivity index (χ3n) is 5.35. The van der Waals surface area contributed by atoms with Crippen LogP contribution in [0, 0.1) is 20.8 Å². The largest absolute Gasteiger partial charge is 0.660 e. The van der Waals surface area contributed by atoms with Crippen LogP contribution in [0.4, 0.5) is 0 Å². The number of benzene rings is 3. The molecule has 0 aliphatic rings. The highest BCUT2D eigenvalue weighted by atomic mass is 31.3. The molecule has 0 radical (unpaired) electrons. The van der Waals surface area contributed by atoms with E-state index in [4.69, 9.17) is 31.7 Å². The van der Waals surface area contributed by atoms with Crippen LogP contribution in [0.2, 0.25) is 0 Å². The van der Waals surface area contributed by atoms with Crippen LogP contribution < -0.4 is 18.4 Å². The van der Waals surface area contributed by atoms with Crippen molar-refractivity contribution in [1.29, 1.82) is 0 Å². The van der Waals surface area contributed by atoms with Gasteiger partial charge in [-0.2, -0.15) is 4.52 Å². The fraction of sp³-hybridized carbons (Fsp3) is 0.400. The normalized spacial score (nSPS) is 13.9. The minimum Gasteiger partial charge on any atom is -0.434 e. The van der Waals surface area contributed by atoms with Crippen molar-refractivity contribution in [3.8, 4) is 17.2 Å². The van der Waals surface area contributed by atoms with Crippen LogP contribution in [0.3, 0.4) is 0 Å². The molecular formula is C30H43N2O6P3+2. The Bertz CT molecular complexity index is 1200. The molecule has 11 heteroatoms. The van der Waals surface area contributed by atoms with Crippen molar-refractivity contribution in [2.45, 2.75) is 60.8 Å². The molecule has 0 aliphatic heterocycles. The molecule has 1 N–H and O–H groups in total. The van der Waals surface area contributed by atoms with E-state index in [9.17, 15) is 0 Å². The van der Waals surface area contributed by atoms with Crippen LogP contribution in [0.1, 0.15) is 56.7 Å². The van der Waals surface area contributed by atoms with Gasteiger partial charge in [-0.15, -0.1) is 4.52 Å². The molecule has 3 atom stereocenters. The first-order chi connectivity index (χ1) is 19.8. The van der Waals surface area contributed by atoms with Gasteiger partial charge >= 0.3 is 24.7 Å². The highest BCUT2D eigenvalue weighted by Gasteiger charge is 2.57. The van der Waals surface area contributed by atoms with Gasteiger partial charge in [-0.1, -0.05) is 73.9 Å². The van der Waals surface area contributed by atoms with Gasteiger partial charge < -0.3 is 9.05 Å². The lowest BCUT2D eigenvalue weighted by atomic mass is 10.2. The molecule has 0 heterocycles. The fourth-order valence-corrected chi connectivity index (χ4v) is 9.08. The molecule has 3 aromatic carbocycles. The molecular weight excluding hydrogens is 577 g/mol. The number of hydrogen-bond donors (Lipinski definition) is 1. The molecule has 0 amide bonds. The standard InChI is InChI=1S/C30H43N2O6P3/c1-7-22-33-39(36-28-16-10-25(4)11-17-28)31-41(35-24-9-3,38-30-20-14-27(6)15-21-30)32-40(34-23-8-2)37-29-18-12-26(5)13-19-29/h10-21,31H,7-9,22-24H2,1-6H3/q+2. The van der Waals surface area contributed by atoms with Crippen molar-refractivity contribution in [2.24, 2.45) is 4.52 Å². The topological polar surface area (TPSA) is 79.8 Å². The lowest BCUT2D eigenvalue weighted by Gasteiger charge is -2.21. The van der Waals surface area contributed by atoms with Gasteiger partial charge in [-0.25, -0.2) is 4.52 Å². The maximum Gasteiger partial charge on any atom is 0.660 e. The summed E-state index contributed by atoms with van der Waals surface area (Å²) >= 11 is 0. The van der Waals surface area contributed by atoms with Gasteiger partial charge in [0.2, 0.25) is 4.52 Å². The van der Waals surface area contributed by atoms with Crippen LogP contribution in [0.25, 0.3) is 0 Å². The van der Waals surface area contributed by atoms with E-state index < -0.39 is 24.7 Å². The summed E-state index contributed by atoms with van der Waals surface area (Å²) in [6, 6.07) is 23.4. The van der Waals surface area contributed by atoms with E-state index in [2.05, 4.69) is 11.8 Å². The summed E-state index contributed by atoms with van der Waals surface area (Å²) in [7, 11) is -6.82. The predicted molar refractivity (Wildman–Crippen MR) is 170 cm³/mol. The maximum absolute atomic E-state index is 6.62. The van der Waals surface area contributed by atoms with Gasteiger partial charge in [0.05, 0.1) is 13.2 Å². The van der Waals surface area contributed by atoms with Crippen LogP contribution in [0.15, 0.2) is 77.3 Å². The number of nitrogens with one attached hydrogen (secondary N) is 1. The predicted octanol–water partition coefficient (Wildman–Crippen LogP) is 10.4. The highest BCUT2D eigenvalue weighted by molar-refractivity contribution is 7.75. The Labute approximate surface area is 248 Å². The zero-order valence-electron chi connectivity index (χ0n) is 24.9. The summed E-state index contributed by atoms with van der Waals surface area (Å²) in [5.41, 5.74) is 3.40. The Hall–Kier alpha value is -2.14. The molecule has 0 bridgehead atoms. The van der Waals surface area contributed by atoms with Crippen molar-refractivity contribution in [1.82, 2.24) is 4.86 Å². The summed E-state index contributed by atoms with van der Waals surface area (Å²) in [4.78, 5) is 3.44. The van der Waals surface area contributed by atoms with Crippen molar-refractivity contribution >= 4 is 24.7 Å². The number of hydrogen-bond acceptors (Lipinski definition) is 8. The second-order valence-corrected chi connectivity index (χ2v) is 14.3. The Morgan fingerprint density at radius 2 is 1.20 bits per heavy atom. The molecule has 8 nitrogen and oxygen atoms in total. The quantitative estimate of drug-likeness (QED) is 0.142. The lowest BCUT2D eigenvalue weighted by Crippen LogP contribution is -2.20. The van der Waals surface area contributed by atoms with Crippen LogP contribution in [-0.2, 0) is 13.6 Å². The Morgan fingerprint density at radius 1 is 0.683 bits per heavy atom. The lowest BCUT2D eigenvalue weighted by molar-refractivity contribution is 0.280. The summed E-state index contributed by atoms with van der Waals surface area (Å²) in [6.07, 6.45) is 2.38. The summed E-state index contributed by atoms with van der Waals surface area (Å²) in [6.45, 7) is 13.6. The van der Waals surface area contributed by atoms with E-state index in [-0.39, 0.29) is 0 Å². The van der Waals surface area contributed by atoms with Crippen molar-refractivity contribution in [2.75, 3.05) is 19.8 Å². The molecule has 41 heavy (non-hydrogen) atoms. The second kappa shape index (κ2) is 17.7. The van der Waals surface area contributed by atoms with E-state index in [1.807, 2.05) is 107 Å². The van der Waals surface area contributed by atoms with Gasteiger partial charge in [0.15, 0.2) is 11.5 Å². The van der Waals surface area contributed by atoms with E-state index in [0.29, 0.717) is 37.1 Å². The molecule has 0 spiro atoms. The van der Waals surface area contributed by atoms with E-state index in [1.54, 1.807) is 0 Å². The molecule has 3 aromatic rings. The van der Waals surface area contributed by atoms with Gasteiger partial charge in [-0.3, -0.25) is 4.52 Å². The molecule has 0 aromatic heterocycles. The molecule has 0 saturated heterocycles. The van der Waals surface area contributed by atoms with Gasteiger partial charge in [-0.05, 0) is 81.3 Å². The fourth-order valence-electron chi connectivity index (χ4n) is 3.17. The van der Waals surface area contributed by atoms with Crippen molar-refractivity contribution in [3.05, 3.63) is 89.5 Å². The smallest absolute Gasteiger partial charge is 0.434 e. The van der Waals surface area contributed by atoms with Gasteiger partial charge in [0.25, 0.3) is 0 Å². The van der Waals surface area contributed by atoms with E-state index in [1.165, 1.54) is 0 Å². The monoisotopic (exact) mass is 620 g/mol.